The van der Waals surface area contributed by atoms with Crippen molar-refractivity contribution in [1.82, 2.24) is 0 Å². The molecule has 12 rings (SSSR count). The van der Waals surface area contributed by atoms with Crippen LogP contribution in [0.15, 0.2) is 170 Å². The largest absolute Gasteiger partial charge is 0.449 e. The summed E-state index contributed by atoms with van der Waals surface area (Å²) in [4.78, 5) is 2.08. The lowest BCUT2D eigenvalue weighted by atomic mass is 9.67. The first-order valence-electron chi connectivity index (χ1n) is 22.1. The molecule has 1 atom stereocenters. The van der Waals surface area contributed by atoms with Crippen molar-refractivity contribution < 1.29 is 18.3 Å². The van der Waals surface area contributed by atoms with Crippen LogP contribution in [0.3, 0.4) is 0 Å². The quantitative estimate of drug-likeness (QED) is 0.156. The summed E-state index contributed by atoms with van der Waals surface area (Å²) < 4.78 is 43.5. The van der Waals surface area contributed by atoms with Gasteiger partial charge in [-0.25, -0.2) is 8.78 Å². The molecule has 1 fully saturated rings. The maximum atomic E-state index is 15.5. The molecule has 1 unspecified atom stereocenters. The number of anilines is 3. The molecule has 0 N–H and O–H groups in total. The first-order valence-corrected chi connectivity index (χ1v) is 25.6. The molecule has 3 aliphatic carbocycles. The highest BCUT2D eigenvalue weighted by Gasteiger charge is 2.49. The molecule has 1 heterocycles. The van der Waals surface area contributed by atoms with E-state index >= 15 is 4.39 Å². The van der Waals surface area contributed by atoms with Crippen LogP contribution in [-0.2, 0) is 10.8 Å². The summed E-state index contributed by atoms with van der Waals surface area (Å²) in [7, 11) is -1.64. The maximum Gasteiger partial charge on any atom is 0.178 e. The first-order chi connectivity index (χ1) is 30.6. The highest BCUT2D eigenvalue weighted by atomic mass is 28.3. The zero-order chi connectivity index (χ0) is 42.7. The topological polar surface area (TPSA) is 21.7 Å². The highest BCUT2D eigenvalue weighted by Crippen LogP contribution is 2.63. The summed E-state index contributed by atoms with van der Waals surface area (Å²) in [6.45, 7) is 7.13. The van der Waals surface area contributed by atoms with Crippen LogP contribution < -0.4 is 19.6 Å². The fraction of sp³-hybridized carbons (Fsp3) is 0.158. The summed E-state index contributed by atoms with van der Waals surface area (Å²) in [5, 5.41) is 1.38. The summed E-state index contributed by atoms with van der Waals surface area (Å²) in [6.07, 6.45) is 4.66. The summed E-state index contributed by atoms with van der Waals surface area (Å²) in [5.41, 5.74) is 13.1. The standard InChI is InChI=1S/C57H45F2NO2Si/c1-63(2,3)41-25-21-36(22-26-41)57(47-18-7-5-16-43(47)54-48(57)28-30-53-55(54)62-52-20-9-8-19-51(52)61-53)37-13-12-14-38(33-37)60(40-24-29-49(58)50(59)35-40)39-23-27-46-44(34-39)42-15-4-6-17-45(42)56(46)31-10-11-32-56/h4-9,12-30,33-35H,10-11,31-32H2,1-3H3. The van der Waals surface area contributed by atoms with Gasteiger partial charge >= 0.3 is 0 Å². The van der Waals surface area contributed by atoms with Crippen LogP contribution in [0.25, 0.3) is 22.3 Å². The SMILES string of the molecule is C[Si](C)(C)c1ccc(C2(c3cccc(N(c4ccc(F)c(F)c4)c4ccc5c(c4)-c4ccccc4C54CCCC4)c3)c3ccccc3-c3c2ccc2c3Oc3ccccc3O2)cc1. The van der Waals surface area contributed by atoms with Gasteiger partial charge in [-0.05, 0) is 118 Å². The second-order valence-corrected chi connectivity index (χ2v) is 23.7. The van der Waals surface area contributed by atoms with Crippen molar-refractivity contribution in [2.45, 2.75) is 56.2 Å². The Kier molecular flexibility index (Phi) is 8.36. The number of fused-ring (bicyclic) bond motifs is 11. The van der Waals surface area contributed by atoms with Crippen LogP contribution in [0.5, 0.6) is 23.0 Å². The Hall–Kier alpha value is -6.76. The number of halogens is 2. The lowest BCUT2D eigenvalue weighted by molar-refractivity contribution is 0.360. The van der Waals surface area contributed by atoms with Gasteiger partial charge in [-0.1, -0.05) is 147 Å². The van der Waals surface area contributed by atoms with E-state index in [1.165, 1.54) is 52.4 Å². The Bertz CT molecular complexity index is 3160. The maximum absolute atomic E-state index is 15.5. The number of ether oxygens (including phenoxy) is 2. The van der Waals surface area contributed by atoms with Crippen LogP contribution in [0.4, 0.5) is 25.8 Å². The third kappa shape index (κ3) is 5.53. The Labute approximate surface area is 368 Å². The number of benzene rings is 8. The van der Waals surface area contributed by atoms with E-state index in [0.29, 0.717) is 28.7 Å². The number of hydrogen-bond acceptors (Lipinski definition) is 3. The van der Waals surface area contributed by atoms with E-state index in [1.807, 2.05) is 30.3 Å². The van der Waals surface area contributed by atoms with E-state index in [9.17, 15) is 4.39 Å². The molecule has 1 spiro atoms. The Morgan fingerprint density at radius 2 is 1.11 bits per heavy atom. The lowest BCUT2D eigenvalue weighted by Crippen LogP contribution is -2.38. The van der Waals surface area contributed by atoms with Crippen LogP contribution in [0.2, 0.25) is 19.6 Å². The molecule has 0 bridgehead atoms. The second kappa shape index (κ2) is 13.9. The molecular weight excluding hydrogens is 797 g/mol. The summed E-state index contributed by atoms with van der Waals surface area (Å²) in [6, 6.07) is 58.3. The zero-order valence-electron chi connectivity index (χ0n) is 35.5. The van der Waals surface area contributed by atoms with E-state index in [-0.39, 0.29) is 5.41 Å². The molecule has 0 aromatic heterocycles. The summed E-state index contributed by atoms with van der Waals surface area (Å²) >= 11 is 0. The average Bonchev–Trinajstić information content (AvgIpc) is 4.00. The predicted molar refractivity (Wildman–Crippen MR) is 253 cm³/mol. The number of nitrogens with zero attached hydrogens (tertiary/aromatic N) is 1. The van der Waals surface area contributed by atoms with Gasteiger partial charge in [-0.15, -0.1) is 0 Å². The minimum absolute atomic E-state index is 0.00781. The molecule has 8 aromatic rings. The fourth-order valence-electron chi connectivity index (χ4n) is 11.4. The third-order valence-corrected chi connectivity index (χ3v) is 16.3. The van der Waals surface area contributed by atoms with E-state index in [0.717, 1.165) is 57.6 Å². The molecule has 8 aromatic carbocycles. The molecule has 1 aliphatic heterocycles. The van der Waals surface area contributed by atoms with Crippen LogP contribution in [-0.4, -0.2) is 8.07 Å². The number of para-hydroxylation sites is 2. The van der Waals surface area contributed by atoms with Crippen molar-refractivity contribution in [2.24, 2.45) is 0 Å². The van der Waals surface area contributed by atoms with Crippen molar-refractivity contribution in [1.29, 1.82) is 0 Å². The highest BCUT2D eigenvalue weighted by molar-refractivity contribution is 6.88. The van der Waals surface area contributed by atoms with Gasteiger partial charge in [0.25, 0.3) is 0 Å². The van der Waals surface area contributed by atoms with E-state index < -0.39 is 25.1 Å². The van der Waals surface area contributed by atoms with E-state index in [2.05, 4.69) is 146 Å². The van der Waals surface area contributed by atoms with Crippen molar-refractivity contribution in [3.8, 4) is 45.3 Å². The molecule has 4 aliphatic rings. The van der Waals surface area contributed by atoms with E-state index in [1.54, 1.807) is 6.07 Å². The molecule has 6 heteroatoms. The van der Waals surface area contributed by atoms with Crippen LogP contribution >= 0.6 is 0 Å². The molecular formula is C57H45F2NO2Si. The normalized spacial score (nSPS) is 17.2. The molecule has 1 saturated carbocycles. The molecule has 308 valence electrons. The Morgan fingerprint density at radius 1 is 0.476 bits per heavy atom. The predicted octanol–water partition coefficient (Wildman–Crippen LogP) is 15.1. The summed E-state index contributed by atoms with van der Waals surface area (Å²) in [5.74, 6) is 0.947. The molecule has 63 heavy (non-hydrogen) atoms. The molecule has 3 nitrogen and oxygen atoms in total. The minimum Gasteiger partial charge on any atom is -0.449 e. The minimum atomic E-state index is -1.64. The van der Waals surface area contributed by atoms with Gasteiger partial charge in [0.05, 0.1) is 13.5 Å². The van der Waals surface area contributed by atoms with Gasteiger partial charge in [-0.2, -0.15) is 0 Å². The Balaban J connectivity index is 1.10. The van der Waals surface area contributed by atoms with Gasteiger partial charge in [-0.3, -0.25) is 0 Å². The first kappa shape index (κ1) is 38.0. The van der Waals surface area contributed by atoms with Crippen molar-refractivity contribution in [2.75, 3.05) is 4.90 Å². The third-order valence-electron chi connectivity index (χ3n) is 14.3. The average molecular weight is 842 g/mol. The van der Waals surface area contributed by atoms with Crippen LogP contribution in [0.1, 0.15) is 59.1 Å². The van der Waals surface area contributed by atoms with Crippen molar-refractivity contribution in [3.63, 3.8) is 0 Å². The molecule has 0 radical (unpaired) electrons. The van der Waals surface area contributed by atoms with Gasteiger partial charge < -0.3 is 14.4 Å². The molecule has 0 saturated heterocycles. The fourth-order valence-corrected chi connectivity index (χ4v) is 12.6. The van der Waals surface area contributed by atoms with Gasteiger partial charge in [0, 0.05) is 34.1 Å². The van der Waals surface area contributed by atoms with Gasteiger partial charge in [0.15, 0.2) is 34.6 Å². The Morgan fingerprint density at radius 3 is 1.87 bits per heavy atom. The van der Waals surface area contributed by atoms with Crippen molar-refractivity contribution >= 4 is 30.3 Å². The smallest absolute Gasteiger partial charge is 0.178 e. The van der Waals surface area contributed by atoms with Crippen molar-refractivity contribution in [3.05, 3.63) is 215 Å². The zero-order valence-corrected chi connectivity index (χ0v) is 36.5. The second-order valence-electron chi connectivity index (χ2n) is 18.6. The number of hydrogen-bond donors (Lipinski definition) is 0. The molecule has 0 amide bonds. The monoisotopic (exact) mass is 841 g/mol. The van der Waals surface area contributed by atoms with Crippen LogP contribution in [0, 0.1) is 11.6 Å². The lowest BCUT2D eigenvalue weighted by Gasteiger charge is -2.36. The number of rotatable bonds is 6. The van der Waals surface area contributed by atoms with E-state index in [4.69, 9.17) is 9.47 Å². The van der Waals surface area contributed by atoms with Gasteiger partial charge in [0.2, 0.25) is 0 Å². The van der Waals surface area contributed by atoms with Gasteiger partial charge in [0.1, 0.15) is 0 Å².